The van der Waals surface area contributed by atoms with Crippen LogP contribution in [0.3, 0.4) is 0 Å². The summed E-state index contributed by atoms with van der Waals surface area (Å²) in [5.41, 5.74) is 1.55. The maximum atomic E-state index is 13.6. The lowest BCUT2D eigenvalue weighted by molar-refractivity contribution is -0.136. The molecular weight excluding hydrogens is 275 g/mol. The zero-order valence-electron chi connectivity index (χ0n) is 11.0. The Morgan fingerprint density at radius 2 is 1.85 bits per heavy atom. The van der Waals surface area contributed by atoms with Crippen LogP contribution in [0.5, 0.6) is 0 Å². The standard InChI is InChI=1S/C16H15FO2S/c1-11-6-8-13(9-7-11)20-15(16(18)19)10-12-4-2-3-5-14(12)17/h2-9,15H,10H2,1H3,(H,18,19)/t15-/m1/s1. The minimum absolute atomic E-state index is 0.167. The summed E-state index contributed by atoms with van der Waals surface area (Å²) in [6.45, 7) is 1.97. The lowest BCUT2D eigenvalue weighted by Gasteiger charge is -2.13. The highest BCUT2D eigenvalue weighted by atomic mass is 32.2. The highest BCUT2D eigenvalue weighted by Gasteiger charge is 2.20. The second-order valence-corrected chi connectivity index (χ2v) is 5.83. The molecule has 2 aromatic rings. The number of aliphatic carboxylic acids is 1. The van der Waals surface area contributed by atoms with Crippen molar-refractivity contribution < 1.29 is 14.3 Å². The van der Waals surface area contributed by atoms with Crippen LogP contribution in [0.1, 0.15) is 11.1 Å². The predicted molar refractivity (Wildman–Crippen MR) is 78.6 cm³/mol. The van der Waals surface area contributed by atoms with E-state index < -0.39 is 11.2 Å². The van der Waals surface area contributed by atoms with Crippen LogP contribution in [0.4, 0.5) is 4.39 Å². The molecule has 0 amide bonds. The first-order chi connectivity index (χ1) is 9.56. The molecule has 0 saturated heterocycles. The van der Waals surface area contributed by atoms with Gasteiger partial charge >= 0.3 is 5.97 Å². The number of carboxylic acids is 1. The number of rotatable bonds is 5. The third-order valence-electron chi connectivity index (χ3n) is 2.94. The summed E-state index contributed by atoms with van der Waals surface area (Å²) in [6, 6.07) is 13.9. The van der Waals surface area contributed by atoms with E-state index in [0.29, 0.717) is 5.56 Å². The van der Waals surface area contributed by atoms with Crippen molar-refractivity contribution in [2.45, 2.75) is 23.5 Å². The molecule has 104 valence electrons. The van der Waals surface area contributed by atoms with Crippen molar-refractivity contribution in [3.63, 3.8) is 0 Å². The Bertz CT molecular complexity index is 596. The third kappa shape index (κ3) is 3.84. The number of halogens is 1. The number of aryl methyl sites for hydroxylation is 1. The first-order valence-electron chi connectivity index (χ1n) is 6.26. The third-order valence-corrected chi connectivity index (χ3v) is 4.14. The van der Waals surface area contributed by atoms with Crippen molar-refractivity contribution >= 4 is 17.7 Å². The van der Waals surface area contributed by atoms with Gasteiger partial charge in [0.2, 0.25) is 0 Å². The fourth-order valence-electron chi connectivity index (χ4n) is 1.82. The van der Waals surface area contributed by atoms with E-state index in [9.17, 15) is 14.3 Å². The maximum absolute atomic E-state index is 13.6. The van der Waals surface area contributed by atoms with Gasteiger partial charge in [0.1, 0.15) is 11.1 Å². The Balaban J connectivity index is 2.14. The molecule has 20 heavy (non-hydrogen) atoms. The summed E-state index contributed by atoms with van der Waals surface area (Å²) in [4.78, 5) is 12.2. The van der Waals surface area contributed by atoms with Crippen molar-refractivity contribution in [1.82, 2.24) is 0 Å². The SMILES string of the molecule is Cc1ccc(S[C@H](Cc2ccccc2F)C(=O)O)cc1. The zero-order chi connectivity index (χ0) is 14.5. The molecule has 2 nitrogen and oxygen atoms in total. The number of carbonyl (C=O) groups is 1. The molecule has 0 spiro atoms. The molecule has 0 radical (unpaired) electrons. The van der Waals surface area contributed by atoms with Crippen LogP contribution in [0.2, 0.25) is 0 Å². The zero-order valence-corrected chi connectivity index (χ0v) is 11.9. The minimum Gasteiger partial charge on any atom is -0.480 e. The van der Waals surface area contributed by atoms with Crippen molar-refractivity contribution in [2.75, 3.05) is 0 Å². The Labute approximate surface area is 121 Å². The molecule has 0 bridgehead atoms. The molecular formula is C16H15FO2S. The summed E-state index contributed by atoms with van der Waals surface area (Å²) < 4.78 is 13.6. The fourth-order valence-corrected chi connectivity index (χ4v) is 2.81. The van der Waals surface area contributed by atoms with Gasteiger partial charge in [0.25, 0.3) is 0 Å². The Kier molecular flexibility index (Phi) is 4.79. The highest BCUT2D eigenvalue weighted by molar-refractivity contribution is 8.00. The Morgan fingerprint density at radius 1 is 1.20 bits per heavy atom. The van der Waals surface area contributed by atoms with E-state index >= 15 is 0 Å². The lowest BCUT2D eigenvalue weighted by Crippen LogP contribution is -2.19. The van der Waals surface area contributed by atoms with E-state index in [2.05, 4.69) is 0 Å². The molecule has 1 N–H and O–H groups in total. The monoisotopic (exact) mass is 290 g/mol. The average Bonchev–Trinajstić information content (AvgIpc) is 2.42. The van der Waals surface area contributed by atoms with Crippen molar-refractivity contribution in [2.24, 2.45) is 0 Å². The number of carboxylic acid groups (broad SMARTS) is 1. The van der Waals surface area contributed by atoms with Gasteiger partial charge < -0.3 is 5.11 Å². The van der Waals surface area contributed by atoms with Crippen LogP contribution < -0.4 is 0 Å². The van der Waals surface area contributed by atoms with Gasteiger partial charge in [-0.3, -0.25) is 4.79 Å². The largest absolute Gasteiger partial charge is 0.480 e. The smallest absolute Gasteiger partial charge is 0.317 e. The molecule has 4 heteroatoms. The molecule has 0 aromatic heterocycles. The van der Waals surface area contributed by atoms with Crippen molar-refractivity contribution in [3.8, 4) is 0 Å². The molecule has 0 saturated carbocycles. The van der Waals surface area contributed by atoms with Crippen molar-refractivity contribution in [3.05, 3.63) is 65.5 Å². The average molecular weight is 290 g/mol. The lowest BCUT2D eigenvalue weighted by atomic mass is 10.1. The van der Waals surface area contributed by atoms with E-state index in [4.69, 9.17) is 0 Å². The van der Waals surface area contributed by atoms with Crippen LogP contribution in [-0.2, 0) is 11.2 Å². The quantitative estimate of drug-likeness (QED) is 0.848. The first kappa shape index (κ1) is 14.6. The Morgan fingerprint density at radius 3 is 2.45 bits per heavy atom. The molecule has 2 aromatic carbocycles. The summed E-state index contributed by atoms with van der Waals surface area (Å²) in [5.74, 6) is -1.29. The van der Waals surface area contributed by atoms with Gasteiger partial charge in [-0.05, 0) is 37.1 Å². The van der Waals surface area contributed by atoms with Crippen LogP contribution in [0.15, 0.2) is 53.4 Å². The van der Waals surface area contributed by atoms with Crippen molar-refractivity contribution in [1.29, 1.82) is 0 Å². The topological polar surface area (TPSA) is 37.3 Å². The van der Waals surface area contributed by atoms with Gasteiger partial charge in [-0.2, -0.15) is 0 Å². The van der Waals surface area contributed by atoms with Crippen LogP contribution in [-0.4, -0.2) is 16.3 Å². The minimum atomic E-state index is -0.932. The predicted octanol–water partition coefficient (Wildman–Crippen LogP) is 3.92. The van der Waals surface area contributed by atoms with E-state index in [0.717, 1.165) is 10.5 Å². The fraction of sp³-hybridized carbons (Fsp3) is 0.188. The second-order valence-electron chi connectivity index (χ2n) is 4.55. The normalized spacial score (nSPS) is 12.1. The summed E-state index contributed by atoms with van der Waals surface area (Å²) >= 11 is 1.24. The Hall–Kier alpha value is -1.81. The number of hydrogen-bond donors (Lipinski definition) is 1. The molecule has 0 fully saturated rings. The van der Waals surface area contributed by atoms with Gasteiger partial charge in [-0.25, -0.2) is 4.39 Å². The van der Waals surface area contributed by atoms with E-state index in [1.165, 1.54) is 17.8 Å². The molecule has 0 aliphatic carbocycles. The van der Waals surface area contributed by atoms with E-state index in [1.54, 1.807) is 18.2 Å². The van der Waals surface area contributed by atoms with E-state index in [1.807, 2.05) is 31.2 Å². The molecule has 1 atom stereocenters. The van der Waals surface area contributed by atoms with E-state index in [-0.39, 0.29) is 12.2 Å². The number of hydrogen-bond acceptors (Lipinski definition) is 2. The van der Waals surface area contributed by atoms with Gasteiger partial charge in [0.05, 0.1) is 0 Å². The van der Waals surface area contributed by atoms with Gasteiger partial charge in [-0.1, -0.05) is 35.9 Å². The summed E-state index contributed by atoms with van der Waals surface area (Å²) in [7, 11) is 0. The highest BCUT2D eigenvalue weighted by Crippen LogP contribution is 2.27. The summed E-state index contributed by atoms with van der Waals surface area (Å²) in [5, 5.41) is 8.60. The maximum Gasteiger partial charge on any atom is 0.317 e. The summed E-state index contributed by atoms with van der Waals surface area (Å²) in [6.07, 6.45) is 0.167. The molecule has 0 aliphatic rings. The first-order valence-corrected chi connectivity index (χ1v) is 7.14. The molecule has 0 aliphatic heterocycles. The van der Waals surface area contributed by atoms with Gasteiger partial charge in [0.15, 0.2) is 0 Å². The van der Waals surface area contributed by atoms with Gasteiger partial charge in [-0.15, -0.1) is 11.8 Å². The van der Waals surface area contributed by atoms with Crippen LogP contribution in [0, 0.1) is 12.7 Å². The number of thioether (sulfide) groups is 1. The number of benzene rings is 2. The van der Waals surface area contributed by atoms with Gasteiger partial charge in [0, 0.05) is 4.90 Å². The second kappa shape index (κ2) is 6.57. The molecule has 0 heterocycles. The molecule has 0 unspecified atom stereocenters. The van der Waals surface area contributed by atoms with Crippen LogP contribution in [0.25, 0.3) is 0 Å². The van der Waals surface area contributed by atoms with Crippen LogP contribution >= 0.6 is 11.8 Å². The molecule has 2 rings (SSSR count).